The molecule has 0 aliphatic rings. The quantitative estimate of drug-likeness (QED) is 0.481. The first-order chi connectivity index (χ1) is 13.3. The van der Waals surface area contributed by atoms with Crippen molar-refractivity contribution in [3.63, 3.8) is 0 Å². The maximum absolute atomic E-state index is 6.13. The Hall–Kier alpha value is -3.40. The fourth-order valence-corrected chi connectivity index (χ4v) is 3.06. The van der Waals surface area contributed by atoms with Gasteiger partial charge in [-0.15, -0.1) is 0 Å². The number of aromatic amines is 3. The monoisotopic (exact) mass is 357 g/mol. The van der Waals surface area contributed by atoms with Crippen molar-refractivity contribution in [1.82, 2.24) is 15.0 Å². The van der Waals surface area contributed by atoms with Crippen LogP contribution in [0.2, 0.25) is 0 Å². The van der Waals surface area contributed by atoms with Gasteiger partial charge in [-0.1, -0.05) is 43.3 Å². The molecule has 0 radical (unpaired) electrons. The summed E-state index contributed by atoms with van der Waals surface area (Å²) in [6.07, 6.45) is 7.18. The van der Waals surface area contributed by atoms with E-state index in [4.69, 9.17) is 4.74 Å². The van der Waals surface area contributed by atoms with E-state index in [2.05, 4.69) is 58.3 Å². The van der Waals surface area contributed by atoms with Crippen LogP contribution in [0.15, 0.2) is 66.9 Å². The van der Waals surface area contributed by atoms with Crippen LogP contribution in [-0.4, -0.2) is 15.0 Å². The molecule has 0 amide bonds. The van der Waals surface area contributed by atoms with Gasteiger partial charge in [0, 0.05) is 23.0 Å². The molecule has 0 aliphatic heterocycles. The first kappa shape index (κ1) is 17.0. The average molecular weight is 357 g/mol. The van der Waals surface area contributed by atoms with E-state index in [0.717, 1.165) is 45.5 Å². The molecule has 4 rings (SSSR count). The first-order valence-corrected chi connectivity index (χ1v) is 9.22. The molecular weight excluding hydrogens is 334 g/mol. The van der Waals surface area contributed by atoms with Gasteiger partial charge in [-0.2, -0.15) is 0 Å². The van der Waals surface area contributed by atoms with E-state index >= 15 is 0 Å². The van der Waals surface area contributed by atoms with E-state index in [-0.39, 0.29) is 0 Å². The predicted octanol–water partition coefficient (Wildman–Crippen LogP) is 3.94. The lowest BCUT2D eigenvalue weighted by atomic mass is 10.2. The standard InChI is InChI=1S/C23H23N3O/c1-2-7-18-11-12-19(25-18)14-22-23(27-16-17-8-4-3-5-9-17)15-21(26-22)20-10-6-13-24-20/h3-15,24-26H,2,16H2,1H3. The third-order valence-corrected chi connectivity index (χ3v) is 4.39. The molecule has 0 bridgehead atoms. The summed E-state index contributed by atoms with van der Waals surface area (Å²) in [6, 6.07) is 20.4. The Balaban J connectivity index is 1.68. The molecular formula is C23H23N3O. The SMILES string of the molecule is CCC=c1ccc(=Cc2[nH]c(-c3ccc[nH]3)cc2OCc2ccccc2)[nH]1. The summed E-state index contributed by atoms with van der Waals surface area (Å²) in [5.41, 5.74) is 4.12. The van der Waals surface area contributed by atoms with E-state index in [1.165, 1.54) is 0 Å². The minimum atomic E-state index is 0.531. The second-order valence-electron chi connectivity index (χ2n) is 6.44. The highest BCUT2D eigenvalue weighted by Crippen LogP contribution is 2.27. The van der Waals surface area contributed by atoms with Gasteiger partial charge in [0.05, 0.1) is 17.1 Å². The van der Waals surface area contributed by atoms with Crippen molar-refractivity contribution >= 4 is 12.2 Å². The molecule has 3 aromatic heterocycles. The number of hydrogen-bond acceptors (Lipinski definition) is 1. The lowest BCUT2D eigenvalue weighted by Crippen LogP contribution is -2.09. The summed E-state index contributed by atoms with van der Waals surface area (Å²) in [6.45, 7) is 2.66. The van der Waals surface area contributed by atoms with Crippen LogP contribution in [-0.2, 0) is 6.61 Å². The van der Waals surface area contributed by atoms with Crippen molar-refractivity contribution in [3.8, 4) is 17.1 Å². The Morgan fingerprint density at radius 2 is 1.74 bits per heavy atom. The van der Waals surface area contributed by atoms with Gasteiger partial charge in [0.25, 0.3) is 0 Å². The van der Waals surface area contributed by atoms with Crippen LogP contribution >= 0.6 is 0 Å². The lowest BCUT2D eigenvalue weighted by Gasteiger charge is -2.05. The van der Waals surface area contributed by atoms with Crippen LogP contribution in [0.3, 0.4) is 0 Å². The van der Waals surface area contributed by atoms with Crippen molar-refractivity contribution in [2.75, 3.05) is 0 Å². The molecule has 0 unspecified atom stereocenters. The topological polar surface area (TPSA) is 56.6 Å². The number of ether oxygens (including phenoxy) is 1. The Morgan fingerprint density at radius 1 is 0.889 bits per heavy atom. The third kappa shape index (κ3) is 4.06. The molecule has 4 nitrogen and oxygen atoms in total. The second-order valence-corrected chi connectivity index (χ2v) is 6.44. The molecule has 0 aliphatic carbocycles. The molecule has 4 heteroatoms. The van der Waals surface area contributed by atoms with Gasteiger partial charge in [0.2, 0.25) is 0 Å². The molecule has 0 saturated carbocycles. The number of nitrogens with one attached hydrogen (secondary N) is 3. The summed E-state index contributed by atoms with van der Waals surface area (Å²) in [7, 11) is 0. The zero-order chi connectivity index (χ0) is 18.5. The molecule has 3 heterocycles. The summed E-state index contributed by atoms with van der Waals surface area (Å²) in [4.78, 5) is 10.1. The Kier molecular flexibility index (Phi) is 4.97. The fourth-order valence-electron chi connectivity index (χ4n) is 3.06. The number of aromatic nitrogens is 3. The molecule has 0 spiro atoms. The largest absolute Gasteiger partial charge is 0.487 e. The number of H-pyrrole nitrogens is 3. The second kappa shape index (κ2) is 7.87. The molecule has 3 N–H and O–H groups in total. The van der Waals surface area contributed by atoms with Crippen molar-refractivity contribution < 1.29 is 4.74 Å². The van der Waals surface area contributed by atoms with Crippen LogP contribution in [0, 0.1) is 0 Å². The first-order valence-electron chi connectivity index (χ1n) is 9.22. The molecule has 136 valence electrons. The highest BCUT2D eigenvalue weighted by Gasteiger charge is 2.10. The van der Waals surface area contributed by atoms with Crippen molar-refractivity contribution in [1.29, 1.82) is 0 Å². The molecule has 0 saturated heterocycles. The van der Waals surface area contributed by atoms with Crippen molar-refractivity contribution in [2.45, 2.75) is 20.0 Å². The van der Waals surface area contributed by atoms with E-state index < -0.39 is 0 Å². The highest BCUT2D eigenvalue weighted by molar-refractivity contribution is 5.65. The zero-order valence-corrected chi connectivity index (χ0v) is 15.3. The van der Waals surface area contributed by atoms with Gasteiger partial charge in [0.1, 0.15) is 12.4 Å². The summed E-state index contributed by atoms with van der Waals surface area (Å²) >= 11 is 0. The lowest BCUT2D eigenvalue weighted by molar-refractivity contribution is 0.306. The number of benzene rings is 1. The molecule has 4 aromatic rings. The fraction of sp³-hybridized carbons (Fsp3) is 0.130. The van der Waals surface area contributed by atoms with E-state index in [1.807, 2.05) is 42.6 Å². The van der Waals surface area contributed by atoms with Gasteiger partial charge in [-0.25, -0.2) is 0 Å². The summed E-state index contributed by atoms with van der Waals surface area (Å²) in [5, 5.41) is 2.17. The summed E-state index contributed by atoms with van der Waals surface area (Å²) in [5.74, 6) is 0.832. The Labute approximate surface area is 158 Å². The van der Waals surface area contributed by atoms with Gasteiger partial charge in [-0.05, 0) is 42.3 Å². The van der Waals surface area contributed by atoms with Crippen LogP contribution in [0.25, 0.3) is 23.5 Å². The predicted molar refractivity (Wildman–Crippen MR) is 110 cm³/mol. The number of hydrogen-bond donors (Lipinski definition) is 3. The summed E-state index contributed by atoms with van der Waals surface area (Å²) < 4.78 is 6.13. The normalized spacial score (nSPS) is 12.6. The molecule has 0 atom stereocenters. The van der Waals surface area contributed by atoms with Crippen LogP contribution in [0.4, 0.5) is 0 Å². The van der Waals surface area contributed by atoms with Gasteiger partial charge in [-0.3, -0.25) is 0 Å². The highest BCUT2D eigenvalue weighted by atomic mass is 16.5. The molecule has 1 aromatic carbocycles. The van der Waals surface area contributed by atoms with Crippen molar-refractivity contribution in [3.05, 3.63) is 88.8 Å². The maximum atomic E-state index is 6.13. The van der Waals surface area contributed by atoms with Gasteiger partial charge >= 0.3 is 0 Å². The average Bonchev–Trinajstić information content (AvgIpc) is 3.43. The third-order valence-electron chi connectivity index (χ3n) is 4.39. The maximum Gasteiger partial charge on any atom is 0.145 e. The zero-order valence-electron chi connectivity index (χ0n) is 15.3. The smallest absolute Gasteiger partial charge is 0.145 e. The minimum Gasteiger partial charge on any atom is -0.487 e. The van der Waals surface area contributed by atoms with Crippen LogP contribution < -0.4 is 15.4 Å². The molecule has 27 heavy (non-hydrogen) atoms. The molecule has 0 fully saturated rings. The number of rotatable bonds is 6. The minimum absolute atomic E-state index is 0.531. The van der Waals surface area contributed by atoms with Crippen LogP contribution in [0.5, 0.6) is 5.75 Å². The Bertz CT molecular complexity index is 1100. The van der Waals surface area contributed by atoms with Crippen LogP contribution in [0.1, 0.15) is 24.6 Å². The van der Waals surface area contributed by atoms with E-state index in [9.17, 15) is 0 Å². The van der Waals surface area contributed by atoms with Gasteiger partial charge in [0.15, 0.2) is 0 Å². The van der Waals surface area contributed by atoms with Gasteiger partial charge < -0.3 is 19.7 Å². The van der Waals surface area contributed by atoms with E-state index in [0.29, 0.717) is 6.61 Å². The van der Waals surface area contributed by atoms with Crippen molar-refractivity contribution in [2.24, 2.45) is 0 Å². The Morgan fingerprint density at radius 3 is 2.52 bits per heavy atom. The van der Waals surface area contributed by atoms with E-state index in [1.54, 1.807) is 0 Å².